The molecule has 1 rings (SSSR count). The lowest BCUT2D eigenvalue weighted by Crippen LogP contribution is -2.35. The van der Waals surface area contributed by atoms with Gasteiger partial charge in [-0.25, -0.2) is 12.7 Å². The summed E-state index contributed by atoms with van der Waals surface area (Å²) >= 11 is 0. The van der Waals surface area contributed by atoms with Crippen molar-refractivity contribution in [1.29, 1.82) is 0 Å². The second-order valence-electron chi connectivity index (χ2n) is 4.56. The lowest BCUT2D eigenvalue weighted by atomic mass is 10.1. The lowest BCUT2D eigenvalue weighted by Gasteiger charge is -2.16. The molecule has 6 nitrogen and oxygen atoms in total. The monoisotopic (exact) mass is 277 g/mol. The predicted molar refractivity (Wildman–Crippen MR) is 70.7 cm³/mol. The Kier molecular flexibility index (Phi) is 6.04. The normalized spacial score (nSPS) is 20.3. The number of sulfonamides is 1. The van der Waals surface area contributed by atoms with E-state index in [0.29, 0.717) is 19.5 Å². The van der Waals surface area contributed by atoms with Crippen LogP contribution in [0, 0.1) is 5.92 Å². The summed E-state index contributed by atoms with van der Waals surface area (Å²) in [6.45, 7) is 4.24. The van der Waals surface area contributed by atoms with Crippen molar-refractivity contribution in [3.63, 3.8) is 0 Å². The van der Waals surface area contributed by atoms with E-state index < -0.39 is 10.0 Å². The molecule has 0 spiro atoms. The van der Waals surface area contributed by atoms with E-state index in [4.69, 9.17) is 0 Å². The third kappa shape index (κ3) is 4.55. The van der Waals surface area contributed by atoms with Gasteiger partial charge in [-0.3, -0.25) is 4.79 Å². The fourth-order valence-corrected chi connectivity index (χ4v) is 2.74. The van der Waals surface area contributed by atoms with Gasteiger partial charge in [0.15, 0.2) is 0 Å². The van der Waals surface area contributed by atoms with Gasteiger partial charge in [0.25, 0.3) is 0 Å². The van der Waals surface area contributed by atoms with Crippen LogP contribution in [-0.2, 0) is 14.8 Å². The van der Waals surface area contributed by atoms with Crippen LogP contribution in [0.1, 0.15) is 19.8 Å². The molecule has 1 unspecified atom stereocenters. The largest absolute Gasteiger partial charge is 0.356 e. The second-order valence-corrected chi connectivity index (χ2v) is 6.92. The average molecular weight is 277 g/mol. The Morgan fingerprint density at radius 2 is 2.22 bits per heavy atom. The van der Waals surface area contributed by atoms with E-state index in [9.17, 15) is 13.2 Å². The molecular weight excluding hydrogens is 254 g/mol. The van der Waals surface area contributed by atoms with E-state index in [2.05, 4.69) is 10.6 Å². The van der Waals surface area contributed by atoms with Crippen molar-refractivity contribution in [2.45, 2.75) is 19.8 Å². The minimum absolute atomic E-state index is 0.0704. The van der Waals surface area contributed by atoms with Gasteiger partial charge in [0.1, 0.15) is 0 Å². The highest BCUT2D eigenvalue weighted by Crippen LogP contribution is 2.06. The van der Waals surface area contributed by atoms with Crippen molar-refractivity contribution in [3.8, 4) is 0 Å². The molecule has 1 fully saturated rings. The molecule has 0 aliphatic carbocycles. The first-order valence-corrected chi connectivity index (χ1v) is 8.00. The maximum atomic E-state index is 11.7. The minimum Gasteiger partial charge on any atom is -0.356 e. The fourth-order valence-electron chi connectivity index (χ4n) is 1.90. The van der Waals surface area contributed by atoms with Gasteiger partial charge in [0.05, 0.1) is 11.7 Å². The third-order valence-electron chi connectivity index (χ3n) is 3.22. The molecule has 1 heterocycles. The van der Waals surface area contributed by atoms with Crippen molar-refractivity contribution in [3.05, 3.63) is 0 Å². The summed E-state index contributed by atoms with van der Waals surface area (Å²) in [7, 11) is -1.53. The number of hydrogen-bond donors (Lipinski definition) is 2. The maximum absolute atomic E-state index is 11.7. The molecule has 2 N–H and O–H groups in total. The highest BCUT2D eigenvalue weighted by atomic mass is 32.2. The Labute approximate surface area is 109 Å². The van der Waals surface area contributed by atoms with E-state index >= 15 is 0 Å². The van der Waals surface area contributed by atoms with Crippen LogP contribution in [0.3, 0.4) is 0 Å². The number of carbonyl (C=O) groups excluding carboxylic acids is 1. The Hall–Kier alpha value is -0.660. The van der Waals surface area contributed by atoms with Gasteiger partial charge < -0.3 is 10.6 Å². The third-order valence-corrected chi connectivity index (χ3v) is 5.08. The number of hydrogen-bond acceptors (Lipinski definition) is 4. The minimum atomic E-state index is -3.10. The molecule has 7 heteroatoms. The molecule has 18 heavy (non-hydrogen) atoms. The van der Waals surface area contributed by atoms with Crippen molar-refractivity contribution in [1.82, 2.24) is 14.9 Å². The molecule has 1 aliphatic heterocycles. The molecule has 106 valence electrons. The van der Waals surface area contributed by atoms with Gasteiger partial charge in [-0.05, 0) is 26.3 Å². The molecule has 1 atom stereocenters. The summed E-state index contributed by atoms with van der Waals surface area (Å²) in [4.78, 5) is 11.7. The molecular formula is C11H23N3O3S. The molecule has 1 amide bonds. The van der Waals surface area contributed by atoms with Gasteiger partial charge >= 0.3 is 0 Å². The van der Waals surface area contributed by atoms with Crippen LogP contribution in [0.15, 0.2) is 0 Å². The van der Waals surface area contributed by atoms with Crippen LogP contribution in [0.25, 0.3) is 0 Å². The predicted octanol–water partition coefficient (Wildman–Crippen LogP) is -0.616. The summed E-state index contributed by atoms with van der Waals surface area (Å²) in [5, 5.41) is 5.99. The molecule has 0 aromatic heterocycles. The highest BCUT2D eigenvalue weighted by molar-refractivity contribution is 7.89. The molecule has 0 bridgehead atoms. The van der Waals surface area contributed by atoms with E-state index in [1.165, 1.54) is 4.31 Å². The summed E-state index contributed by atoms with van der Waals surface area (Å²) in [5.74, 6) is 0.256. The van der Waals surface area contributed by atoms with Gasteiger partial charge in [0, 0.05) is 26.7 Å². The lowest BCUT2D eigenvalue weighted by molar-refractivity contribution is -0.124. The molecule has 0 saturated carbocycles. The van der Waals surface area contributed by atoms with Crippen LogP contribution in [0.5, 0.6) is 0 Å². The summed E-state index contributed by atoms with van der Waals surface area (Å²) in [6.07, 6.45) is 1.53. The van der Waals surface area contributed by atoms with Crippen LogP contribution in [-0.4, -0.2) is 57.6 Å². The SMILES string of the molecule is CCS(=O)(=O)N(C)CCCNC(=O)C1CCNC1. The zero-order chi connectivity index (χ0) is 13.6. The summed E-state index contributed by atoms with van der Waals surface area (Å²) in [5.41, 5.74) is 0. The van der Waals surface area contributed by atoms with E-state index in [1.807, 2.05) is 0 Å². The van der Waals surface area contributed by atoms with Crippen LogP contribution in [0.4, 0.5) is 0 Å². The topological polar surface area (TPSA) is 78.5 Å². The molecule has 0 aromatic rings. The van der Waals surface area contributed by atoms with E-state index in [1.54, 1.807) is 14.0 Å². The highest BCUT2D eigenvalue weighted by Gasteiger charge is 2.21. The van der Waals surface area contributed by atoms with Crippen LogP contribution in [0.2, 0.25) is 0 Å². The number of nitrogens with zero attached hydrogens (tertiary/aromatic N) is 1. The first kappa shape index (κ1) is 15.4. The fraction of sp³-hybridized carbons (Fsp3) is 0.909. The number of nitrogens with one attached hydrogen (secondary N) is 2. The van der Waals surface area contributed by atoms with Gasteiger partial charge in [0.2, 0.25) is 15.9 Å². The molecule has 0 aromatic carbocycles. The Morgan fingerprint density at radius 3 is 2.78 bits per heavy atom. The summed E-state index contributed by atoms with van der Waals surface area (Å²) < 4.78 is 24.3. The van der Waals surface area contributed by atoms with E-state index in [-0.39, 0.29) is 17.6 Å². The Morgan fingerprint density at radius 1 is 1.50 bits per heavy atom. The molecule has 0 radical (unpaired) electrons. The van der Waals surface area contributed by atoms with Gasteiger partial charge in [-0.15, -0.1) is 0 Å². The van der Waals surface area contributed by atoms with Gasteiger partial charge in [-0.1, -0.05) is 0 Å². The van der Waals surface area contributed by atoms with E-state index in [0.717, 1.165) is 19.5 Å². The van der Waals surface area contributed by atoms with Crippen molar-refractivity contribution >= 4 is 15.9 Å². The quantitative estimate of drug-likeness (QED) is 0.608. The second kappa shape index (κ2) is 7.06. The maximum Gasteiger partial charge on any atom is 0.224 e. The van der Waals surface area contributed by atoms with Crippen LogP contribution >= 0.6 is 0 Å². The van der Waals surface area contributed by atoms with Crippen LogP contribution < -0.4 is 10.6 Å². The number of rotatable bonds is 7. The van der Waals surface area contributed by atoms with Gasteiger partial charge in [-0.2, -0.15) is 0 Å². The smallest absolute Gasteiger partial charge is 0.224 e. The first-order chi connectivity index (χ1) is 8.47. The molecule has 1 aliphatic rings. The Bertz CT molecular complexity index is 364. The zero-order valence-electron chi connectivity index (χ0n) is 11.1. The standard InChI is InChI=1S/C11H23N3O3S/c1-3-18(16,17)14(2)8-4-6-13-11(15)10-5-7-12-9-10/h10,12H,3-9H2,1-2H3,(H,13,15). The number of amides is 1. The van der Waals surface area contributed by atoms with Crippen molar-refractivity contribution in [2.24, 2.45) is 5.92 Å². The molecule has 1 saturated heterocycles. The average Bonchev–Trinajstić information content (AvgIpc) is 2.87. The first-order valence-electron chi connectivity index (χ1n) is 6.40. The number of carbonyl (C=O) groups is 1. The Balaban J connectivity index is 2.16. The summed E-state index contributed by atoms with van der Waals surface area (Å²) in [6, 6.07) is 0. The zero-order valence-corrected chi connectivity index (χ0v) is 11.9. The van der Waals surface area contributed by atoms with Crippen molar-refractivity contribution in [2.75, 3.05) is 39.0 Å². The van der Waals surface area contributed by atoms with Crippen molar-refractivity contribution < 1.29 is 13.2 Å².